The molecule has 0 radical (unpaired) electrons. The molecular weight excluding hydrogens is 254 g/mol. The normalized spacial score (nSPS) is 16.3. The van der Waals surface area contributed by atoms with Gasteiger partial charge in [0.2, 0.25) is 0 Å². The monoisotopic (exact) mass is 271 g/mol. The Morgan fingerprint density at radius 3 is 2.55 bits per heavy atom. The molecule has 0 spiro atoms. The number of hydrogen-bond acceptors (Lipinski definition) is 3. The molecule has 5 heteroatoms. The van der Waals surface area contributed by atoms with Gasteiger partial charge >= 0.3 is 0 Å². The first-order valence-corrected chi connectivity index (χ1v) is 6.81. The van der Waals surface area contributed by atoms with Crippen LogP contribution in [0.5, 0.6) is 5.75 Å². The SMILES string of the molecule is O=C(c1cn[nH]c1)N1CCC(c2ccc(O)cc2)CC1. The van der Waals surface area contributed by atoms with Crippen LogP contribution in [0.2, 0.25) is 0 Å². The first kappa shape index (κ1) is 12.7. The zero-order valence-electron chi connectivity index (χ0n) is 11.1. The lowest BCUT2D eigenvalue weighted by atomic mass is 9.89. The van der Waals surface area contributed by atoms with Crippen molar-refractivity contribution in [1.29, 1.82) is 0 Å². The molecule has 20 heavy (non-hydrogen) atoms. The van der Waals surface area contributed by atoms with Crippen molar-refractivity contribution in [3.8, 4) is 5.75 Å². The second-order valence-corrected chi connectivity index (χ2v) is 5.14. The zero-order chi connectivity index (χ0) is 13.9. The van der Waals surface area contributed by atoms with Crippen LogP contribution in [0.1, 0.15) is 34.7 Å². The Morgan fingerprint density at radius 2 is 1.95 bits per heavy atom. The summed E-state index contributed by atoms with van der Waals surface area (Å²) >= 11 is 0. The van der Waals surface area contributed by atoms with Gasteiger partial charge in [0.05, 0.1) is 11.8 Å². The number of carbonyl (C=O) groups is 1. The summed E-state index contributed by atoms with van der Waals surface area (Å²) in [7, 11) is 0. The largest absolute Gasteiger partial charge is 0.508 e. The van der Waals surface area contributed by atoms with Gasteiger partial charge in [-0.15, -0.1) is 0 Å². The molecule has 2 N–H and O–H groups in total. The van der Waals surface area contributed by atoms with Crippen molar-refractivity contribution < 1.29 is 9.90 Å². The number of hydrogen-bond donors (Lipinski definition) is 2. The van der Waals surface area contributed by atoms with Crippen LogP contribution in [0.3, 0.4) is 0 Å². The van der Waals surface area contributed by atoms with E-state index < -0.39 is 0 Å². The van der Waals surface area contributed by atoms with Gasteiger partial charge in [-0.1, -0.05) is 12.1 Å². The number of piperidine rings is 1. The van der Waals surface area contributed by atoms with Crippen LogP contribution in [0.4, 0.5) is 0 Å². The van der Waals surface area contributed by atoms with E-state index in [1.54, 1.807) is 24.5 Å². The summed E-state index contributed by atoms with van der Waals surface area (Å²) in [6, 6.07) is 7.37. The fourth-order valence-electron chi connectivity index (χ4n) is 2.71. The summed E-state index contributed by atoms with van der Waals surface area (Å²) < 4.78 is 0. The standard InChI is InChI=1S/C15H17N3O2/c19-14-3-1-11(2-4-14)12-5-7-18(8-6-12)15(20)13-9-16-17-10-13/h1-4,9-10,12,19H,5-8H2,(H,16,17). The summed E-state index contributed by atoms with van der Waals surface area (Å²) in [5, 5.41) is 15.8. The van der Waals surface area contributed by atoms with Crippen LogP contribution in [-0.2, 0) is 0 Å². The summed E-state index contributed by atoms with van der Waals surface area (Å²) in [5.74, 6) is 0.799. The molecule has 1 amide bonds. The van der Waals surface area contributed by atoms with E-state index in [9.17, 15) is 9.90 Å². The van der Waals surface area contributed by atoms with Crippen molar-refractivity contribution in [2.24, 2.45) is 0 Å². The number of nitrogens with one attached hydrogen (secondary N) is 1. The van der Waals surface area contributed by atoms with Crippen LogP contribution < -0.4 is 0 Å². The third-order valence-electron chi connectivity index (χ3n) is 3.89. The Labute approximate surface area is 117 Å². The van der Waals surface area contributed by atoms with Gasteiger partial charge in [0.25, 0.3) is 5.91 Å². The van der Waals surface area contributed by atoms with Gasteiger partial charge < -0.3 is 10.0 Å². The van der Waals surface area contributed by atoms with Gasteiger partial charge in [0, 0.05) is 19.3 Å². The molecule has 1 saturated heterocycles. The van der Waals surface area contributed by atoms with E-state index in [2.05, 4.69) is 10.2 Å². The Balaban J connectivity index is 1.62. The number of H-pyrrole nitrogens is 1. The second kappa shape index (κ2) is 5.36. The summed E-state index contributed by atoms with van der Waals surface area (Å²) in [6.07, 6.45) is 5.10. The number of phenols is 1. The maximum Gasteiger partial charge on any atom is 0.257 e. The number of nitrogens with zero attached hydrogens (tertiary/aromatic N) is 2. The molecule has 1 aromatic heterocycles. The highest BCUT2D eigenvalue weighted by molar-refractivity contribution is 5.93. The highest BCUT2D eigenvalue weighted by Gasteiger charge is 2.24. The predicted molar refractivity (Wildman–Crippen MR) is 74.6 cm³/mol. The molecule has 0 atom stereocenters. The first-order valence-electron chi connectivity index (χ1n) is 6.81. The number of phenolic OH excluding ortho intramolecular Hbond substituents is 1. The van der Waals surface area contributed by atoms with E-state index in [1.165, 1.54) is 5.56 Å². The average Bonchev–Trinajstić information content (AvgIpc) is 3.02. The van der Waals surface area contributed by atoms with E-state index in [0.717, 1.165) is 25.9 Å². The second-order valence-electron chi connectivity index (χ2n) is 5.14. The number of aromatic hydroxyl groups is 1. The fourth-order valence-corrected chi connectivity index (χ4v) is 2.71. The molecule has 0 saturated carbocycles. The van der Waals surface area contributed by atoms with Crippen molar-refractivity contribution in [3.05, 3.63) is 47.8 Å². The van der Waals surface area contributed by atoms with Crippen molar-refractivity contribution in [3.63, 3.8) is 0 Å². The number of amides is 1. The average molecular weight is 271 g/mol. The minimum absolute atomic E-state index is 0.0444. The molecule has 0 bridgehead atoms. The lowest BCUT2D eigenvalue weighted by molar-refractivity contribution is 0.0713. The maximum atomic E-state index is 12.2. The first-order chi connectivity index (χ1) is 9.74. The van der Waals surface area contributed by atoms with Crippen molar-refractivity contribution in [1.82, 2.24) is 15.1 Å². The number of aromatic amines is 1. The molecule has 0 aliphatic carbocycles. The minimum atomic E-state index is 0.0444. The minimum Gasteiger partial charge on any atom is -0.508 e. The summed E-state index contributed by atoms with van der Waals surface area (Å²) in [4.78, 5) is 14.1. The molecule has 3 rings (SSSR count). The Hall–Kier alpha value is -2.30. The third kappa shape index (κ3) is 2.52. The van der Waals surface area contributed by atoms with Crippen molar-refractivity contribution >= 4 is 5.91 Å². The topological polar surface area (TPSA) is 69.2 Å². The van der Waals surface area contributed by atoms with Gasteiger partial charge in [0.1, 0.15) is 5.75 Å². The quantitative estimate of drug-likeness (QED) is 0.879. The lowest BCUT2D eigenvalue weighted by Gasteiger charge is -2.32. The highest BCUT2D eigenvalue weighted by Crippen LogP contribution is 2.29. The van der Waals surface area contributed by atoms with E-state index >= 15 is 0 Å². The van der Waals surface area contributed by atoms with Crippen molar-refractivity contribution in [2.75, 3.05) is 13.1 Å². The molecule has 5 nitrogen and oxygen atoms in total. The summed E-state index contributed by atoms with van der Waals surface area (Å²) in [5.41, 5.74) is 1.85. The van der Waals surface area contributed by atoms with Crippen LogP contribution in [0, 0.1) is 0 Å². The van der Waals surface area contributed by atoms with Gasteiger partial charge in [-0.25, -0.2) is 0 Å². The zero-order valence-corrected chi connectivity index (χ0v) is 11.1. The molecule has 0 unspecified atom stereocenters. The Morgan fingerprint density at radius 1 is 1.25 bits per heavy atom. The molecule has 104 valence electrons. The van der Waals surface area contributed by atoms with E-state index in [-0.39, 0.29) is 5.91 Å². The van der Waals surface area contributed by atoms with E-state index in [1.807, 2.05) is 17.0 Å². The lowest BCUT2D eigenvalue weighted by Crippen LogP contribution is -2.37. The number of rotatable bonds is 2. The van der Waals surface area contributed by atoms with Crippen LogP contribution in [-0.4, -0.2) is 39.2 Å². The highest BCUT2D eigenvalue weighted by atomic mass is 16.3. The van der Waals surface area contributed by atoms with E-state index in [0.29, 0.717) is 17.2 Å². The number of benzene rings is 1. The van der Waals surface area contributed by atoms with Crippen molar-refractivity contribution in [2.45, 2.75) is 18.8 Å². The maximum absolute atomic E-state index is 12.2. The molecule has 1 aliphatic heterocycles. The molecule has 1 aliphatic rings. The van der Waals surface area contributed by atoms with Crippen LogP contribution in [0.15, 0.2) is 36.7 Å². The van der Waals surface area contributed by atoms with Gasteiger partial charge in [-0.05, 0) is 36.5 Å². The molecular formula is C15H17N3O2. The molecule has 2 aromatic rings. The van der Waals surface area contributed by atoms with Crippen LogP contribution >= 0.6 is 0 Å². The van der Waals surface area contributed by atoms with E-state index in [4.69, 9.17) is 0 Å². The molecule has 1 fully saturated rings. The smallest absolute Gasteiger partial charge is 0.257 e. The molecule has 1 aromatic carbocycles. The van der Waals surface area contributed by atoms with Gasteiger partial charge in [0.15, 0.2) is 0 Å². The third-order valence-corrected chi connectivity index (χ3v) is 3.89. The summed E-state index contributed by atoms with van der Waals surface area (Å²) in [6.45, 7) is 1.52. The molecule has 2 heterocycles. The number of likely N-dealkylation sites (tertiary alicyclic amines) is 1. The Bertz CT molecular complexity index is 570. The number of aromatic nitrogens is 2. The Kier molecular flexibility index (Phi) is 3.41. The predicted octanol–water partition coefficient (Wildman–Crippen LogP) is 2.14. The van der Waals surface area contributed by atoms with Crippen LogP contribution in [0.25, 0.3) is 0 Å². The van der Waals surface area contributed by atoms with Gasteiger partial charge in [-0.2, -0.15) is 5.10 Å². The fraction of sp³-hybridized carbons (Fsp3) is 0.333. The van der Waals surface area contributed by atoms with Gasteiger partial charge in [-0.3, -0.25) is 9.89 Å². The number of carbonyl (C=O) groups excluding carboxylic acids is 1.